The molecule has 1 fully saturated rings. The van der Waals surface area contributed by atoms with E-state index in [9.17, 15) is 9.18 Å². The minimum Gasteiger partial charge on any atom is -0.444 e. The first-order chi connectivity index (χ1) is 12.7. The molecule has 0 bridgehead atoms. The summed E-state index contributed by atoms with van der Waals surface area (Å²) in [5, 5.41) is 0.134. The van der Waals surface area contributed by atoms with Crippen molar-refractivity contribution in [3.8, 4) is 0 Å². The van der Waals surface area contributed by atoms with Gasteiger partial charge in [0.05, 0.1) is 5.39 Å². The molecule has 3 rings (SSSR count). The Morgan fingerprint density at radius 3 is 2.78 bits per heavy atom. The molecule has 1 amide bonds. The Kier molecular flexibility index (Phi) is 5.02. The number of hydrogen-bond acceptors (Lipinski definition) is 6. The molecule has 0 radical (unpaired) electrons. The van der Waals surface area contributed by atoms with Crippen LogP contribution >= 0.6 is 11.6 Å². The van der Waals surface area contributed by atoms with Crippen molar-refractivity contribution in [2.45, 2.75) is 32.5 Å². The second kappa shape index (κ2) is 7.12. The predicted molar refractivity (Wildman–Crippen MR) is 97.8 cm³/mol. The van der Waals surface area contributed by atoms with Gasteiger partial charge in [0.1, 0.15) is 29.8 Å². The van der Waals surface area contributed by atoms with E-state index in [4.69, 9.17) is 22.9 Å². The molecule has 10 heteroatoms. The zero-order chi connectivity index (χ0) is 19.8. The van der Waals surface area contributed by atoms with E-state index < -0.39 is 23.7 Å². The normalized spacial score (nSPS) is 17.7. The summed E-state index contributed by atoms with van der Waals surface area (Å²) >= 11 is 5.72. The molecule has 0 aromatic carbocycles. The second-order valence-corrected chi connectivity index (χ2v) is 7.41. The Labute approximate surface area is 160 Å². The molecule has 2 aromatic heterocycles. The van der Waals surface area contributed by atoms with Gasteiger partial charge in [-0.1, -0.05) is 11.6 Å². The monoisotopic (exact) mass is 392 g/mol. The minimum absolute atomic E-state index is 0.0638. The number of halogens is 2. The molecule has 8 nitrogen and oxygen atoms in total. The number of fused-ring (bicyclic) bond motifs is 1. The Bertz CT molecular complexity index is 926. The molecule has 0 spiro atoms. The third kappa shape index (κ3) is 3.85. The van der Waals surface area contributed by atoms with Crippen molar-refractivity contribution in [3.05, 3.63) is 34.9 Å². The third-order valence-electron chi connectivity index (χ3n) is 3.99. The van der Waals surface area contributed by atoms with Crippen LogP contribution in [0.2, 0.25) is 5.15 Å². The summed E-state index contributed by atoms with van der Waals surface area (Å²) < 4.78 is 19.6. The summed E-state index contributed by atoms with van der Waals surface area (Å²) in [5.74, 6) is -0.271. The summed E-state index contributed by atoms with van der Waals surface area (Å²) in [7, 11) is 0. The number of pyridine rings is 1. The number of anilines is 1. The first-order valence-electron chi connectivity index (χ1n) is 8.27. The highest BCUT2D eigenvalue weighted by Crippen LogP contribution is 2.29. The molecule has 0 aliphatic carbocycles. The molecule has 0 N–H and O–H groups in total. The summed E-state index contributed by atoms with van der Waals surface area (Å²) in [5.41, 5.74) is -0.583. The molecule has 1 unspecified atom stereocenters. The van der Waals surface area contributed by atoms with Gasteiger partial charge < -0.3 is 9.64 Å². The number of piperazine rings is 1. The molecule has 1 saturated heterocycles. The fourth-order valence-corrected chi connectivity index (χ4v) is 2.95. The van der Waals surface area contributed by atoms with Crippen LogP contribution in [0.4, 0.5) is 15.0 Å². The van der Waals surface area contributed by atoms with Crippen molar-refractivity contribution in [2.75, 3.05) is 24.5 Å². The van der Waals surface area contributed by atoms with E-state index in [1.54, 1.807) is 20.8 Å². The Balaban J connectivity index is 1.87. The van der Waals surface area contributed by atoms with Gasteiger partial charge >= 0.3 is 12.3 Å². The average molecular weight is 393 g/mol. The summed E-state index contributed by atoms with van der Waals surface area (Å²) in [4.78, 5) is 31.1. The van der Waals surface area contributed by atoms with Crippen LogP contribution in [0.1, 0.15) is 20.8 Å². The molecule has 3 heterocycles. The molecule has 27 heavy (non-hydrogen) atoms. The fraction of sp³-hybridized carbons (Fsp3) is 0.471. The van der Waals surface area contributed by atoms with Gasteiger partial charge in [0.25, 0.3) is 0 Å². The lowest BCUT2D eigenvalue weighted by Crippen LogP contribution is -2.55. The molecule has 0 saturated carbocycles. The lowest BCUT2D eigenvalue weighted by Gasteiger charge is -2.36. The quantitative estimate of drug-likeness (QED) is 0.548. The number of carbonyl (C=O) groups is 1. The molecule has 1 aliphatic heterocycles. The maximum absolute atomic E-state index is 14.2. The van der Waals surface area contributed by atoms with Crippen molar-refractivity contribution in [3.63, 3.8) is 0 Å². The Morgan fingerprint density at radius 1 is 1.37 bits per heavy atom. The van der Waals surface area contributed by atoms with E-state index >= 15 is 0 Å². The predicted octanol–water partition coefficient (Wildman–Crippen LogP) is 3.12. The van der Waals surface area contributed by atoms with Crippen molar-refractivity contribution in [1.82, 2.24) is 19.9 Å². The lowest BCUT2D eigenvalue weighted by atomic mass is 10.2. The summed E-state index contributed by atoms with van der Waals surface area (Å²) in [6.07, 6.45) is 1.37. The highest BCUT2D eigenvalue weighted by atomic mass is 35.5. The molecule has 1 atom stereocenters. The van der Waals surface area contributed by atoms with E-state index in [0.717, 1.165) is 0 Å². The van der Waals surface area contributed by atoms with Gasteiger partial charge in [-0.25, -0.2) is 35.6 Å². The Morgan fingerprint density at radius 2 is 2.11 bits per heavy atom. The molecule has 1 aliphatic rings. The van der Waals surface area contributed by atoms with Crippen molar-refractivity contribution in [2.24, 2.45) is 0 Å². The number of aromatic nitrogens is 3. The summed E-state index contributed by atoms with van der Waals surface area (Å²) in [6, 6.07) is 0. The van der Waals surface area contributed by atoms with Crippen LogP contribution in [0.15, 0.2) is 12.5 Å². The molecule has 2 aromatic rings. The highest BCUT2D eigenvalue weighted by Gasteiger charge is 2.38. The first-order valence-corrected chi connectivity index (χ1v) is 8.65. The van der Waals surface area contributed by atoms with Crippen LogP contribution in [-0.2, 0) is 4.74 Å². The zero-order valence-electron chi connectivity index (χ0n) is 15.1. The van der Waals surface area contributed by atoms with Crippen LogP contribution < -0.4 is 4.90 Å². The van der Waals surface area contributed by atoms with Gasteiger partial charge in [-0.2, -0.15) is 0 Å². The maximum atomic E-state index is 14.2. The van der Waals surface area contributed by atoms with Crippen LogP contribution in [0.25, 0.3) is 15.7 Å². The zero-order valence-corrected chi connectivity index (χ0v) is 15.9. The number of ether oxygens (including phenoxy) is 1. The molecular formula is C17H18ClFN6O2. The van der Waals surface area contributed by atoms with Crippen LogP contribution in [0, 0.1) is 12.4 Å². The van der Waals surface area contributed by atoms with Crippen LogP contribution in [0.5, 0.6) is 0 Å². The number of nitrogens with zero attached hydrogens (tertiary/aromatic N) is 6. The van der Waals surface area contributed by atoms with E-state index in [0.29, 0.717) is 17.7 Å². The SMILES string of the molecule is [C-]#[N+]C1CN(c2ncnc3c(F)c(Cl)ncc23)CCN1C(=O)OC(C)(C)C. The lowest BCUT2D eigenvalue weighted by molar-refractivity contribution is 0.0181. The maximum Gasteiger partial charge on any atom is 0.416 e. The van der Waals surface area contributed by atoms with Gasteiger partial charge in [0.2, 0.25) is 0 Å². The fourth-order valence-electron chi connectivity index (χ4n) is 2.81. The topological polar surface area (TPSA) is 75.8 Å². The van der Waals surface area contributed by atoms with E-state index in [1.807, 2.05) is 4.90 Å². The van der Waals surface area contributed by atoms with Gasteiger partial charge in [-0.3, -0.25) is 4.85 Å². The van der Waals surface area contributed by atoms with Gasteiger partial charge in [0.15, 0.2) is 11.0 Å². The van der Waals surface area contributed by atoms with Gasteiger partial charge in [-0.15, -0.1) is 0 Å². The smallest absolute Gasteiger partial charge is 0.416 e. The van der Waals surface area contributed by atoms with Gasteiger partial charge in [-0.05, 0) is 20.8 Å². The minimum atomic E-state index is -0.747. The van der Waals surface area contributed by atoms with Crippen molar-refractivity contribution >= 4 is 34.4 Å². The van der Waals surface area contributed by atoms with Crippen LogP contribution in [-0.4, -0.2) is 57.3 Å². The van der Waals surface area contributed by atoms with Gasteiger partial charge in [0, 0.05) is 19.3 Å². The molecule has 142 valence electrons. The first kappa shape index (κ1) is 19.0. The van der Waals surface area contributed by atoms with E-state index in [2.05, 4.69) is 19.8 Å². The summed E-state index contributed by atoms with van der Waals surface area (Å²) in [6.45, 7) is 13.7. The number of rotatable bonds is 1. The van der Waals surface area contributed by atoms with Crippen LogP contribution in [0.3, 0.4) is 0 Å². The standard InChI is InChI=1S/C17H18ClFN6O2/c1-17(2,3)27-16(26)25-6-5-24(8-11(25)20-4)15-10-7-21-14(18)12(19)13(10)22-9-23-15/h7,9,11H,5-6,8H2,1-3H3. The third-order valence-corrected chi connectivity index (χ3v) is 4.25. The van der Waals surface area contributed by atoms with Crippen molar-refractivity contribution < 1.29 is 13.9 Å². The van der Waals surface area contributed by atoms with E-state index in [1.165, 1.54) is 17.4 Å². The highest BCUT2D eigenvalue weighted by molar-refractivity contribution is 6.30. The number of hydrogen-bond donors (Lipinski definition) is 0. The second-order valence-electron chi connectivity index (χ2n) is 7.05. The molecular weight excluding hydrogens is 375 g/mol. The number of carbonyl (C=O) groups excluding carboxylic acids is 1. The largest absolute Gasteiger partial charge is 0.444 e. The van der Waals surface area contributed by atoms with E-state index in [-0.39, 0.29) is 23.8 Å². The average Bonchev–Trinajstić information content (AvgIpc) is 2.62. The van der Waals surface area contributed by atoms with Crippen molar-refractivity contribution in [1.29, 1.82) is 0 Å². The Hall–Kier alpha value is -2.73. The number of amides is 1.